The fourth-order valence-electron chi connectivity index (χ4n) is 3.36. The molecule has 1 N–H and O–H groups in total. The van der Waals surface area contributed by atoms with Crippen molar-refractivity contribution in [1.82, 2.24) is 9.78 Å². The van der Waals surface area contributed by atoms with Crippen molar-refractivity contribution < 1.29 is 5.11 Å². The molecule has 0 saturated heterocycles. The quantitative estimate of drug-likeness (QED) is 0.885. The highest BCUT2D eigenvalue weighted by Gasteiger charge is 2.36. The molecule has 1 aliphatic rings. The summed E-state index contributed by atoms with van der Waals surface area (Å²) in [6.07, 6.45) is 8.11. The first-order chi connectivity index (χ1) is 9.43. The van der Waals surface area contributed by atoms with Gasteiger partial charge < -0.3 is 5.11 Å². The van der Waals surface area contributed by atoms with Gasteiger partial charge in [-0.05, 0) is 50.5 Å². The highest BCUT2D eigenvalue weighted by Crippen LogP contribution is 2.38. The van der Waals surface area contributed by atoms with Gasteiger partial charge in [0.1, 0.15) is 0 Å². The van der Waals surface area contributed by atoms with E-state index in [1.54, 1.807) is 0 Å². The molecule has 0 spiro atoms. The Morgan fingerprint density at radius 2 is 2.20 bits per heavy atom. The summed E-state index contributed by atoms with van der Waals surface area (Å²) in [6.45, 7) is 8.90. The van der Waals surface area contributed by atoms with E-state index in [0.717, 1.165) is 31.4 Å². The van der Waals surface area contributed by atoms with Crippen molar-refractivity contribution in [1.29, 1.82) is 0 Å². The number of hydrogen-bond donors (Lipinski definition) is 1. The van der Waals surface area contributed by atoms with E-state index in [2.05, 4.69) is 45.1 Å². The molecule has 3 heteroatoms. The number of rotatable bonds is 5. The Balaban J connectivity index is 2.02. The van der Waals surface area contributed by atoms with Gasteiger partial charge in [-0.25, -0.2) is 0 Å². The van der Waals surface area contributed by atoms with Crippen molar-refractivity contribution in [3.05, 3.63) is 18.0 Å². The molecule has 20 heavy (non-hydrogen) atoms. The average Bonchev–Trinajstić information content (AvgIpc) is 2.85. The van der Waals surface area contributed by atoms with Crippen molar-refractivity contribution in [2.24, 2.45) is 11.8 Å². The maximum Gasteiger partial charge on any atom is 0.0706 e. The molecule has 1 fully saturated rings. The Morgan fingerprint density at radius 3 is 2.85 bits per heavy atom. The number of aliphatic hydroxyl groups is 1. The second kappa shape index (κ2) is 6.30. The van der Waals surface area contributed by atoms with Crippen molar-refractivity contribution in [2.45, 2.75) is 77.9 Å². The maximum atomic E-state index is 10.9. The molecule has 1 aromatic rings. The summed E-state index contributed by atoms with van der Waals surface area (Å²) in [7, 11) is 0. The van der Waals surface area contributed by atoms with Crippen LogP contribution in [0.2, 0.25) is 0 Å². The molecule has 0 aromatic carbocycles. The topological polar surface area (TPSA) is 38.0 Å². The lowest BCUT2D eigenvalue weighted by Crippen LogP contribution is -2.39. The first-order valence-corrected chi connectivity index (χ1v) is 8.20. The third-order valence-electron chi connectivity index (χ3n) is 5.02. The van der Waals surface area contributed by atoms with Gasteiger partial charge in [0.2, 0.25) is 0 Å². The minimum absolute atomic E-state index is 0.438. The molecule has 0 radical (unpaired) electrons. The zero-order chi connectivity index (χ0) is 14.8. The number of nitrogens with zero attached hydrogens (tertiary/aromatic N) is 2. The van der Waals surface area contributed by atoms with Gasteiger partial charge >= 0.3 is 0 Å². The normalized spacial score (nSPS) is 28.8. The van der Waals surface area contributed by atoms with Crippen LogP contribution < -0.4 is 0 Å². The number of hydrogen-bond acceptors (Lipinski definition) is 2. The summed E-state index contributed by atoms with van der Waals surface area (Å²) < 4.78 is 2.03. The van der Waals surface area contributed by atoms with Gasteiger partial charge in [0.25, 0.3) is 0 Å². The zero-order valence-electron chi connectivity index (χ0n) is 13.5. The van der Waals surface area contributed by atoms with Crippen LogP contribution in [0.5, 0.6) is 0 Å². The van der Waals surface area contributed by atoms with Crippen LogP contribution >= 0.6 is 0 Å². The average molecular weight is 278 g/mol. The minimum atomic E-state index is -0.540. The highest BCUT2D eigenvalue weighted by molar-refractivity contribution is 5.06. The van der Waals surface area contributed by atoms with E-state index in [4.69, 9.17) is 0 Å². The molecule has 3 unspecified atom stereocenters. The van der Waals surface area contributed by atoms with E-state index in [9.17, 15) is 5.11 Å². The zero-order valence-corrected chi connectivity index (χ0v) is 13.5. The second-order valence-electron chi connectivity index (χ2n) is 7.05. The first-order valence-electron chi connectivity index (χ1n) is 8.20. The van der Waals surface area contributed by atoms with Gasteiger partial charge in [0, 0.05) is 18.7 Å². The van der Waals surface area contributed by atoms with E-state index in [1.165, 1.54) is 6.42 Å². The SMILES string of the molecule is CCC(C)n1ccc(CC2(O)CCCC(C(C)C)C2)n1. The Morgan fingerprint density at radius 1 is 1.45 bits per heavy atom. The Labute approximate surface area is 123 Å². The largest absolute Gasteiger partial charge is 0.389 e. The summed E-state index contributed by atoms with van der Waals surface area (Å²) >= 11 is 0. The predicted octanol–water partition coefficient (Wildman–Crippen LogP) is 3.97. The third kappa shape index (κ3) is 3.63. The second-order valence-corrected chi connectivity index (χ2v) is 7.05. The fourth-order valence-corrected chi connectivity index (χ4v) is 3.36. The van der Waals surface area contributed by atoms with E-state index >= 15 is 0 Å². The summed E-state index contributed by atoms with van der Waals surface area (Å²) in [6, 6.07) is 2.51. The smallest absolute Gasteiger partial charge is 0.0706 e. The molecule has 1 heterocycles. The van der Waals surface area contributed by atoms with Crippen molar-refractivity contribution in [3.8, 4) is 0 Å². The van der Waals surface area contributed by atoms with Gasteiger partial charge in [-0.2, -0.15) is 5.10 Å². The number of aromatic nitrogens is 2. The minimum Gasteiger partial charge on any atom is -0.389 e. The molecular weight excluding hydrogens is 248 g/mol. The molecule has 3 atom stereocenters. The van der Waals surface area contributed by atoms with Crippen molar-refractivity contribution >= 4 is 0 Å². The highest BCUT2D eigenvalue weighted by atomic mass is 16.3. The molecule has 3 nitrogen and oxygen atoms in total. The summed E-state index contributed by atoms with van der Waals surface area (Å²) in [5.74, 6) is 1.32. The van der Waals surface area contributed by atoms with E-state index in [-0.39, 0.29) is 0 Å². The van der Waals surface area contributed by atoms with Gasteiger partial charge in [-0.1, -0.05) is 27.2 Å². The third-order valence-corrected chi connectivity index (χ3v) is 5.02. The van der Waals surface area contributed by atoms with Crippen LogP contribution in [0.3, 0.4) is 0 Å². The van der Waals surface area contributed by atoms with Gasteiger partial charge in [-0.15, -0.1) is 0 Å². The Kier molecular flexibility index (Phi) is 4.90. The molecule has 1 aromatic heterocycles. The molecule has 114 valence electrons. The Hall–Kier alpha value is -0.830. The molecular formula is C17H30N2O. The summed E-state index contributed by atoms with van der Waals surface area (Å²) in [4.78, 5) is 0. The van der Waals surface area contributed by atoms with Crippen LogP contribution in [0, 0.1) is 11.8 Å². The van der Waals surface area contributed by atoms with E-state index in [0.29, 0.717) is 24.3 Å². The predicted molar refractivity (Wildman–Crippen MR) is 82.7 cm³/mol. The lowest BCUT2D eigenvalue weighted by Gasteiger charge is -2.38. The van der Waals surface area contributed by atoms with Gasteiger partial charge in [-0.3, -0.25) is 4.68 Å². The van der Waals surface area contributed by atoms with Crippen molar-refractivity contribution in [3.63, 3.8) is 0 Å². The Bertz CT molecular complexity index is 426. The molecule has 0 amide bonds. The first kappa shape index (κ1) is 15.6. The molecule has 0 bridgehead atoms. The lowest BCUT2D eigenvalue weighted by molar-refractivity contribution is -0.0247. The van der Waals surface area contributed by atoms with Crippen LogP contribution in [0.15, 0.2) is 12.3 Å². The summed E-state index contributed by atoms with van der Waals surface area (Å²) in [5.41, 5.74) is 0.499. The lowest BCUT2D eigenvalue weighted by atomic mass is 9.72. The van der Waals surface area contributed by atoms with Gasteiger partial charge in [0.05, 0.1) is 11.3 Å². The molecule has 2 rings (SSSR count). The monoisotopic (exact) mass is 278 g/mol. The molecule has 1 aliphatic carbocycles. The van der Waals surface area contributed by atoms with E-state index < -0.39 is 5.60 Å². The van der Waals surface area contributed by atoms with Gasteiger partial charge in [0.15, 0.2) is 0 Å². The standard InChI is InChI=1S/C17H30N2O/c1-5-14(4)19-10-8-16(18-19)12-17(20)9-6-7-15(11-17)13(2)3/h8,10,13-15,20H,5-7,9,11-12H2,1-4H3. The van der Waals surface area contributed by atoms with Crippen LogP contribution in [-0.4, -0.2) is 20.5 Å². The summed E-state index contributed by atoms with van der Waals surface area (Å²) in [5, 5.41) is 15.5. The van der Waals surface area contributed by atoms with Crippen LogP contribution in [0.4, 0.5) is 0 Å². The van der Waals surface area contributed by atoms with Crippen LogP contribution in [-0.2, 0) is 6.42 Å². The molecule has 1 saturated carbocycles. The van der Waals surface area contributed by atoms with Crippen LogP contribution in [0.25, 0.3) is 0 Å². The molecule has 0 aliphatic heterocycles. The van der Waals surface area contributed by atoms with Crippen molar-refractivity contribution in [2.75, 3.05) is 0 Å². The van der Waals surface area contributed by atoms with Crippen LogP contribution in [0.1, 0.15) is 71.5 Å². The fraction of sp³-hybridized carbons (Fsp3) is 0.824. The van der Waals surface area contributed by atoms with E-state index in [1.807, 2.05) is 4.68 Å². The maximum absolute atomic E-state index is 10.9.